The van der Waals surface area contributed by atoms with Crippen LogP contribution in [-0.4, -0.2) is 26.6 Å². The first-order chi connectivity index (χ1) is 20.8. The van der Waals surface area contributed by atoms with Gasteiger partial charge in [-0.05, 0) is 73.4 Å². The Labute approximate surface area is 248 Å². The van der Waals surface area contributed by atoms with Crippen LogP contribution >= 0.6 is 0 Å². The molecule has 2 atom stereocenters. The van der Waals surface area contributed by atoms with Crippen LogP contribution < -0.4 is 11.1 Å². The molecule has 2 aliphatic carbocycles. The molecule has 232 valence electrons. The normalized spacial score (nSPS) is 17.6. The van der Waals surface area contributed by atoms with Crippen molar-refractivity contribution in [3.8, 4) is 0 Å². The first-order valence-electron chi connectivity index (χ1n) is 14.1. The number of nitrogens with one attached hydrogen (secondary N) is 1. The summed E-state index contributed by atoms with van der Waals surface area (Å²) in [7, 11) is 0. The van der Waals surface area contributed by atoms with E-state index in [9.17, 15) is 35.9 Å². The number of hydrogen-bond donors (Lipinski definition) is 2. The second-order valence-electron chi connectivity index (χ2n) is 10.9. The third-order valence-electron chi connectivity index (χ3n) is 7.76. The number of nitrogens with two attached hydrogens (primary N) is 1. The summed E-state index contributed by atoms with van der Waals surface area (Å²) in [4.78, 5) is 29.7. The zero-order valence-corrected chi connectivity index (χ0v) is 23.6. The van der Waals surface area contributed by atoms with Crippen molar-refractivity contribution in [3.63, 3.8) is 0 Å². The molecule has 7 nitrogen and oxygen atoms in total. The molecule has 1 unspecified atom stereocenters. The lowest BCUT2D eigenvalue weighted by Gasteiger charge is -2.25. The number of carbonyl (C=O) groups is 2. The zero-order chi connectivity index (χ0) is 31.8. The predicted molar refractivity (Wildman–Crippen MR) is 148 cm³/mol. The van der Waals surface area contributed by atoms with Crippen molar-refractivity contribution in [2.24, 2.45) is 5.73 Å². The van der Waals surface area contributed by atoms with Crippen molar-refractivity contribution in [2.75, 3.05) is 0 Å². The van der Waals surface area contributed by atoms with E-state index < -0.39 is 59.7 Å². The minimum atomic E-state index is -4.69. The number of aromatic nitrogens is 3. The van der Waals surface area contributed by atoms with Crippen LogP contribution in [-0.2, 0) is 35.2 Å². The zero-order valence-electron chi connectivity index (χ0n) is 23.6. The molecule has 3 aromatic rings. The summed E-state index contributed by atoms with van der Waals surface area (Å²) in [5, 5.41) is 6.55. The highest BCUT2D eigenvalue weighted by molar-refractivity contribution is 5.93. The maximum Gasteiger partial charge on any atom is 0.435 e. The Morgan fingerprint density at radius 3 is 2.45 bits per heavy atom. The van der Waals surface area contributed by atoms with Crippen molar-refractivity contribution >= 4 is 11.8 Å². The summed E-state index contributed by atoms with van der Waals surface area (Å²) in [5.74, 6) is -4.95. The van der Waals surface area contributed by atoms with Gasteiger partial charge < -0.3 is 11.1 Å². The van der Waals surface area contributed by atoms with Gasteiger partial charge in [0.2, 0.25) is 11.8 Å². The third-order valence-corrected chi connectivity index (χ3v) is 7.76. The van der Waals surface area contributed by atoms with Crippen LogP contribution in [0.1, 0.15) is 77.8 Å². The van der Waals surface area contributed by atoms with Crippen LogP contribution in [0.4, 0.5) is 26.3 Å². The number of hydrogen-bond acceptors (Lipinski definition) is 4. The highest BCUT2D eigenvalue weighted by atomic mass is 19.4. The van der Waals surface area contributed by atoms with Gasteiger partial charge >= 0.3 is 6.18 Å². The average molecular weight is 618 g/mol. The molecule has 2 aromatic heterocycles. The number of carbonyl (C=O) groups excluding carboxylic acids is 2. The first-order valence-corrected chi connectivity index (χ1v) is 14.1. The van der Waals surface area contributed by atoms with Gasteiger partial charge in [0, 0.05) is 29.4 Å². The minimum absolute atomic E-state index is 0.0943. The van der Waals surface area contributed by atoms with Gasteiger partial charge in [0.1, 0.15) is 24.0 Å². The van der Waals surface area contributed by atoms with Crippen molar-refractivity contribution in [1.82, 2.24) is 20.1 Å². The predicted octanol–water partition coefficient (Wildman–Crippen LogP) is 5.87. The highest BCUT2D eigenvalue weighted by Gasteiger charge is 2.43. The quantitative estimate of drug-likeness (QED) is 0.278. The summed E-state index contributed by atoms with van der Waals surface area (Å²) in [5.41, 5.74) is 5.49. The van der Waals surface area contributed by atoms with E-state index in [4.69, 9.17) is 5.73 Å². The van der Waals surface area contributed by atoms with E-state index in [1.807, 2.05) is 0 Å². The molecule has 1 saturated carbocycles. The van der Waals surface area contributed by atoms with Crippen LogP contribution in [0.3, 0.4) is 0 Å². The molecule has 0 aliphatic heterocycles. The number of nitrogens with zero attached hydrogens (tertiary/aromatic N) is 3. The van der Waals surface area contributed by atoms with E-state index in [2.05, 4.69) is 15.4 Å². The topological polar surface area (TPSA) is 103 Å². The summed E-state index contributed by atoms with van der Waals surface area (Å²) < 4.78 is 85.1. The van der Waals surface area contributed by atoms with Crippen LogP contribution in [0.15, 0.2) is 60.1 Å². The van der Waals surface area contributed by atoms with E-state index in [-0.39, 0.29) is 47.6 Å². The Balaban J connectivity index is 1.49. The molecule has 0 spiro atoms. The van der Waals surface area contributed by atoms with Crippen LogP contribution in [0, 0.1) is 11.6 Å². The molecular weight excluding hydrogens is 588 g/mol. The van der Waals surface area contributed by atoms with Gasteiger partial charge in [-0.15, -0.1) is 0 Å². The largest absolute Gasteiger partial charge is 0.435 e. The Morgan fingerprint density at radius 1 is 1.14 bits per heavy atom. The number of primary amides is 1. The molecule has 0 bridgehead atoms. The number of allylic oxidation sites excluding steroid dienone is 3. The fraction of sp³-hybridized carbons (Fsp3) is 0.355. The van der Waals surface area contributed by atoms with E-state index >= 15 is 0 Å². The van der Waals surface area contributed by atoms with E-state index in [1.165, 1.54) is 12.3 Å². The van der Waals surface area contributed by atoms with Crippen molar-refractivity contribution in [1.29, 1.82) is 0 Å². The number of benzene rings is 1. The molecule has 1 fully saturated rings. The maximum absolute atomic E-state index is 14.3. The monoisotopic (exact) mass is 617 g/mol. The van der Waals surface area contributed by atoms with Gasteiger partial charge in [0.05, 0.1) is 17.3 Å². The Kier molecular flexibility index (Phi) is 8.66. The molecule has 2 aliphatic rings. The van der Waals surface area contributed by atoms with Crippen LogP contribution in [0.25, 0.3) is 0 Å². The Morgan fingerprint density at radius 2 is 1.84 bits per heavy atom. The smallest absolute Gasteiger partial charge is 0.366 e. The molecule has 2 heterocycles. The molecule has 1 aromatic carbocycles. The van der Waals surface area contributed by atoms with Gasteiger partial charge in [-0.1, -0.05) is 19.1 Å². The number of halogens is 6. The number of pyridine rings is 1. The molecule has 13 heteroatoms. The molecule has 5 rings (SSSR count). The lowest BCUT2D eigenvalue weighted by Crippen LogP contribution is -2.35. The fourth-order valence-corrected chi connectivity index (χ4v) is 5.73. The Bertz CT molecular complexity index is 1640. The van der Waals surface area contributed by atoms with Crippen molar-refractivity contribution in [2.45, 2.75) is 69.6 Å². The summed E-state index contributed by atoms with van der Waals surface area (Å²) in [6.07, 6.45) is 0.558. The van der Waals surface area contributed by atoms with Gasteiger partial charge in [-0.2, -0.15) is 18.3 Å². The number of alkyl halides is 3. The SMILES string of the molecule is CCc1c(C2CC2)c(C(F)(F)F)nn1CC(=O)N[C@@H](Cc1cc(F)cc(F)c1)c1ncccc1C1C=CC(F)=C(C(N)=O)C1. The minimum Gasteiger partial charge on any atom is -0.366 e. The fourth-order valence-electron chi connectivity index (χ4n) is 5.73. The number of amides is 2. The molecule has 3 N–H and O–H groups in total. The van der Waals surface area contributed by atoms with Gasteiger partial charge in [0.15, 0.2) is 5.69 Å². The standard InChI is InChI=1S/C31H29F6N5O2/c1-2-25-27(17-5-6-17)29(31(35,36)37)41-42(25)15-26(43)40-24(12-16-10-19(32)14-20(33)11-16)28-21(4-3-9-39-28)18-7-8-23(34)22(13-18)30(38)44/h3-4,7-11,14,17-18,24H,2,5-6,12-13,15H2,1H3,(H2,38,44)(H,40,43)/t18?,24-/m0/s1. The lowest BCUT2D eigenvalue weighted by molar-refractivity contribution is -0.142. The average Bonchev–Trinajstić information content (AvgIpc) is 3.72. The highest BCUT2D eigenvalue weighted by Crippen LogP contribution is 2.47. The van der Waals surface area contributed by atoms with Crippen LogP contribution in [0.2, 0.25) is 0 Å². The van der Waals surface area contributed by atoms with E-state index in [1.54, 1.807) is 19.1 Å². The first kappa shape index (κ1) is 31.0. The Hall–Kier alpha value is -4.42. The summed E-state index contributed by atoms with van der Waals surface area (Å²) in [6.45, 7) is 1.15. The van der Waals surface area contributed by atoms with E-state index in [0.29, 0.717) is 30.2 Å². The third kappa shape index (κ3) is 6.71. The van der Waals surface area contributed by atoms with Gasteiger partial charge in [0.25, 0.3) is 0 Å². The maximum atomic E-state index is 14.3. The van der Waals surface area contributed by atoms with Gasteiger partial charge in [-0.25, -0.2) is 13.2 Å². The molecular formula is C31H29F6N5O2. The summed E-state index contributed by atoms with van der Waals surface area (Å²) >= 11 is 0. The van der Waals surface area contributed by atoms with Crippen molar-refractivity contribution in [3.05, 3.63) is 105 Å². The van der Waals surface area contributed by atoms with E-state index in [0.717, 1.165) is 22.9 Å². The molecule has 0 saturated heterocycles. The lowest BCUT2D eigenvalue weighted by atomic mass is 9.84. The number of rotatable bonds is 10. The van der Waals surface area contributed by atoms with Crippen LogP contribution in [0.5, 0.6) is 0 Å². The second-order valence-corrected chi connectivity index (χ2v) is 10.9. The summed E-state index contributed by atoms with van der Waals surface area (Å²) in [6, 6.07) is 5.12. The molecule has 0 radical (unpaired) electrons. The molecule has 2 amide bonds. The van der Waals surface area contributed by atoms with Gasteiger partial charge in [-0.3, -0.25) is 19.3 Å². The molecule has 44 heavy (non-hydrogen) atoms. The second kappa shape index (κ2) is 12.3. The van der Waals surface area contributed by atoms with Crippen molar-refractivity contribution < 1.29 is 35.9 Å².